The number of fused-ring (bicyclic) bond motifs is 2. The van der Waals surface area contributed by atoms with E-state index in [1.165, 1.54) is 31.4 Å². The number of nitrogens with zero attached hydrogens (tertiary/aromatic N) is 4. The van der Waals surface area contributed by atoms with Crippen molar-refractivity contribution in [3.05, 3.63) is 29.5 Å². The molecule has 1 saturated heterocycles. The Bertz CT molecular complexity index is 1310. The first-order chi connectivity index (χ1) is 16.7. The average molecular weight is 494 g/mol. The number of pyridine rings is 1. The van der Waals surface area contributed by atoms with Crippen LogP contribution in [0.2, 0.25) is 0 Å². The van der Waals surface area contributed by atoms with Crippen LogP contribution in [0.15, 0.2) is 24.7 Å². The first kappa shape index (κ1) is 23.3. The second-order valence-corrected chi connectivity index (χ2v) is 10.9. The van der Waals surface area contributed by atoms with Gasteiger partial charge in [0.2, 0.25) is 0 Å². The number of aromatic amines is 1. The topological polar surface area (TPSA) is 147 Å². The van der Waals surface area contributed by atoms with Gasteiger partial charge in [0, 0.05) is 36.9 Å². The number of anilines is 1. The maximum absolute atomic E-state index is 12.7. The van der Waals surface area contributed by atoms with Crippen molar-refractivity contribution >= 4 is 39.9 Å². The minimum atomic E-state index is -1.39. The minimum absolute atomic E-state index is 0.299. The van der Waals surface area contributed by atoms with Crippen molar-refractivity contribution in [2.24, 2.45) is 11.8 Å². The Kier molecular flexibility index (Phi) is 5.94. The Hall–Kier alpha value is -3.49. The molecule has 10 nitrogen and oxygen atoms in total. The Morgan fingerprint density at radius 3 is 2.71 bits per heavy atom. The summed E-state index contributed by atoms with van der Waals surface area (Å²) in [5.74, 6) is -0.417. The molecule has 1 saturated carbocycles. The quantitative estimate of drug-likeness (QED) is 0.367. The van der Waals surface area contributed by atoms with E-state index < -0.39 is 17.4 Å². The van der Waals surface area contributed by atoms with Crippen LogP contribution in [0.4, 0.5) is 5.69 Å². The van der Waals surface area contributed by atoms with Crippen molar-refractivity contribution in [1.82, 2.24) is 25.2 Å². The van der Waals surface area contributed by atoms with Crippen molar-refractivity contribution in [3.63, 3.8) is 0 Å². The van der Waals surface area contributed by atoms with Gasteiger partial charge >= 0.3 is 5.97 Å². The lowest BCUT2D eigenvalue weighted by Crippen LogP contribution is -2.49. The van der Waals surface area contributed by atoms with Crippen molar-refractivity contribution in [1.29, 1.82) is 5.26 Å². The summed E-state index contributed by atoms with van der Waals surface area (Å²) in [5, 5.41) is 26.2. The number of H-pyrrole nitrogens is 1. The molecule has 4 N–H and O–H groups in total. The molecule has 3 aromatic heterocycles. The van der Waals surface area contributed by atoms with Crippen molar-refractivity contribution in [2.45, 2.75) is 38.3 Å². The number of hydrogen-bond acceptors (Lipinski definition) is 8. The molecule has 11 heteroatoms. The second-order valence-electron chi connectivity index (χ2n) is 9.89. The van der Waals surface area contributed by atoms with Gasteiger partial charge < -0.3 is 20.7 Å². The zero-order chi connectivity index (χ0) is 24.7. The third-order valence-corrected chi connectivity index (χ3v) is 8.01. The van der Waals surface area contributed by atoms with Gasteiger partial charge in [-0.3, -0.25) is 9.69 Å². The Labute approximate surface area is 206 Å². The molecule has 2 aliphatic rings. The number of amides is 1. The van der Waals surface area contributed by atoms with E-state index in [1.807, 2.05) is 12.3 Å². The van der Waals surface area contributed by atoms with Gasteiger partial charge in [-0.2, -0.15) is 5.26 Å². The largest absolute Gasteiger partial charge is 0.480 e. The fourth-order valence-corrected chi connectivity index (χ4v) is 6.00. The van der Waals surface area contributed by atoms with Crippen LogP contribution in [0.5, 0.6) is 0 Å². The summed E-state index contributed by atoms with van der Waals surface area (Å²) < 4.78 is 0. The number of aliphatic carboxylic acids is 1. The van der Waals surface area contributed by atoms with E-state index in [4.69, 9.17) is 5.26 Å². The standard InChI is InChI=1S/C24H27N7O3S/c1-24(2,23(33)34)30-21(32)18-10-28-22(35-18)17-9-27-20-16(3-5-26-20)19(17)29-15-7-13-11-31(6-4-25)12-14(13)8-15/h3,5,9-10,13-15H,6-8,11-12H2,1-2H3,(H,30,32)(H,33,34)(H2,26,27,29)/t13-,14+,15?. The zero-order valence-corrected chi connectivity index (χ0v) is 20.4. The van der Waals surface area contributed by atoms with Gasteiger partial charge in [-0.1, -0.05) is 0 Å². The van der Waals surface area contributed by atoms with E-state index in [1.54, 1.807) is 6.20 Å². The number of carbonyl (C=O) groups is 2. The second kappa shape index (κ2) is 8.94. The molecule has 3 aromatic rings. The van der Waals surface area contributed by atoms with E-state index in [0.717, 1.165) is 48.2 Å². The number of carboxylic acid groups (broad SMARTS) is 1. The molecule has 2 fully saturated rings. The number of carbonyl (C=O) groups excluding carboxylic acids is 1. The third kappa shape index (κ3) is 4.47. The molecule has 5 rings (SSSR count). The number of thiazole rings is 1. The van der Waals surface area contributed by atoms with Gasteiger partial charge in [0.15, 0.2) is 0 Å². The monoisotopic (exact) mass is 493 g/mol. The van der Waals surface area contributed by atoms with Gasteiger partial charge in [-0.05, 0) is 44.6 Å². The van der Waals surface area contributed by atoms with E-state index >= 15 is 0 Å². The number of hydrogen-bond donors (Lipinski definition) is 4. The van der Waals surface area contributed by atoms with Crippen LogP contribution in [0.1, 0.15) is 36.4 Å². The van der Waals surface area contributed by atoms with Gasteiger partial charge in [0.25, 0.3) is 5.91 Å². The highest BCUT2D eigenvalue weighted by molar-refractivity contribution is 7.17. The van der Waals surface area contributed by atoms with Crippen LogP contribution in [0, 0.1) is 23.2 Å². The van der Waals surface area contributed by atoms with Gasteiger partial charge in [0.05, 0.1) is 30.1 Å². The van der Waals surface area contributed by atoms with Crippen LogP contribution in [-0.2, 0) is 4.79 Å². The summed E-state index contributed by atoms with van der Waals surface area (Å²) in [4.78, 5) is 38.8. The molecule has 0 aromatic carbocycles. The number of rotatable bonds is 7. The fraction of sp³-hybridized carbons (Fsp3) is 0.458. The number of carboxylic acids is 1. The molecule has 1 aliphatic carbocycles. The number of aromatic nitrogens is 3. The molecular formula is C24H27N7O3S. The summed E-state index contributed by atoms with van der Waals surface area (Å²) in [5.41, 5.74) is 1.12. The molecule has 1 aliphatic heterocycles. The van der Waals surface area contributed by atoms with E-state index in [9.17, 15) is 14.7 Å². The first-order valence-electron chi connectivity index (χ1n) is 11.6. The SMILES string of the molecule is CC(C)(NC(=O)c1cnc(-c2cnc3[nH]ccc3c2NC2C[C@@H]3CN(CC#N)C[C@@H]3C2)s1)C(=O)O. The van der Waals surface area contributed by atoms with Gasteiger partial charge in [-0.25, -0.2) is 14.8 Å². The number of nitriles is 1. The molecular weight excluding hydrogens is 466 g/mol. The Morgan fingerprint density at radius 2 is 2.03 bits per heavy atom. The van der Waals surface area contributed by atoms with Crippen molar-refractivity contribution in [3.8, 4) is 16.6 Å². The lowest BCUT2D eigenvalue weighted by atomic mass is 10.0. The van der Waals surface area contributed by atoms with Gasteiger partial charge in [-0.15, -0.1) is 11.3 Å². The molecule has 4 heterocycles. The lowest BCUT2D eigenvalue weighted by molar-refractivity contribution is -0.143. The summed E-state index contributed by atoms with van der Waals surface area (Å²) in [6.07, 6.45) is 7.16. The molecule has 3 atom stereocenters. The highest BCUT2D eigenvalue weighted by Crippen LogP contribution is 2.42. The van der Waals surface area contributed by atoms with Crippen LogP contribution in [0.25, 0.3) is 21.6 Å². The molecule has 182 valence electrons. The first-order valence-corrected chi connectivity index (χ1v) is 12.4. The van der Waals surface area contributed by atoms with Crippen LogP contribution >= 0.6 is 11.3 Å². The normalized spacial score (nSPS) is 22.1. The molecule has 0 radical (unpaired) electrons. The Balaban J connectivity index is 1.39. The third-order valence-electron chi connectivity index (χ3n) is 6.98. The van der Waals surface area contributed by atoms with E-state index in [-0.39, 0.29) is 0 Å². The highest BCUT2D eigenvalue weighted by Gasteiger charge is 2.41. The van der Waals surface area contributed by atoms with Crippen molar-refractivity contribution < 1.29 is 14.7 Å². The predicted octanol–water partition coefficient (Wildman–Crippen LogP) is 2.93. The molecule has 0 bridgehead atoms. The summed E-state index contributed by atoms with van der Waals surface area (Å²) >= 11 is 1.21. The minimum Gasteiger partial charge on any atom is -0.480 e. The summed E-state index contributed by atoms with van der Waals surface area (Å²) in [7, 11) is 0. The molecule has 0 spiro atoms. The molecule has 35 heavy (non-hydrogen) atoms. The highest BCUT2D eigenvalue weighted by atomic mass is 32.1. The van der Waals surface area contributed by atoms with Gasteiger partial charge in [0.1, 0.15) is 21.1 Å². The predicted molar refractivity (Wildman–Crippen MR) is 132 cm³/mol. The summed E-state index contributed by atoms with van der Waals surface area (Å²) in [6.45, 7) is 5.32. The lowest BCUT2D eigenvalue weighted by Gasteiger charge is -2.20. The van der Waals surface area contributed by atoms with Crippen LogP contribution < -0.4 is 10.6 Å². The summed E-state index contributed by atoms with van der Waals surface area (Å²) in [6, 6.07) is 4.54. The van der Waals surface area contributed by atoms with Crippen LogP contribution in [-0.4, -0.2) is 68.0 Å². The van der Waals surface area contributed by atoms with Crippen LogP contribution in [0.3, 0.4) is 0 Å². The smallest absolute Gasteiger partial charge is 0.328 e. The zero-order valence-electron chi connectivity index (χ0n) is 19.5. The van der Waals surface area contributed by atoms with E-state index in [2.05, 4.69) is 36.6 Å². The van der Waals surface area contributed by atoms with E-state index in [0.29, 0.717) is 34.3 Å². The number of likely N-dealkylation sites (tertiary alicyclic amines) is 1. The maximum Gasteiger partial charge on any atom is 0.328 e. The molecule has 1 amide bonds. The van der Waals surface area contributed by atoms with Crippen molar-refractivity contribution in [2.75, 3.05) is 25.0 Å². The Morgan fingerprint density at radius 1 is 1.29 bits per heavy atom. The number of nitrogens with one attached hydrogen (secondary N) is 3. The fourth-order valence-electron chi connectivity index (χ4n) is 5.18. The maximum atomic E-state index is 12.7. The molecule has 1 unspecified atom stereocenters. The average Bonchev–Trinajstić information content (AvgIpc) is 3.57.